The SMILES string of the molecule is CCC1(C(=O)N(C)CC2CCCC2)CCNCC1. The fourth-order valence-electron chi connectivity index (χ4n) is 3.69. The molecule has 1 aliphatic heterocycles. The van der Waals surface area contributed by atoms with Crippen LogP contribution in [0.3, 0.4) is 0 Å². The van der Waals surface area contributed by atoms with Crippen molar-refractivity contribution in [3.05, 3.63) is 0 Å². The van der Waals surface area contributed by atoms with Crippen LogP contribution >= 0.6 is 0 Å². The summed E-state index contributed by atoms with van der Waals surface area (Å²) in [6, 6.07) is 0. The molecule has 0 spiro atoms. The van der Waals surface area contributed by atoms with E-state index < -0.39 is 0 Å². The van der Waals surface area contributed by atoms with Gasteiger partial charge in [0.05, 0.1) is 5.41 Å². The predicted octanol–water partition coefficient (Wildman–Crippen LogP) is 2.41. The number of hydrogen-bond acceptors (Lipinski definition) is 2. The molecule has 0 aromatic carbocycles. The molecule has 3 heteroatoms. The van der Waals surface area contributed by atoms with Gasteiger partial charge in [0, 0.05) is 13.6 Å². The number of nitrogens with zero attached hydrogens (tertiary/aromatic N) is 1. The first-order chi connectivity index (χ1) is 8.68. The molecule has 3 nitrogen and oxygen atoms in total. The molecule has 1 saturated carbocycles. The third kappa shape index (κ3) is 2.87. The Bertz CT molecular complexity index is 278. The van der Waals surface area contributed by atoms with Crippen LogP contribution in [0.1, 0.15) is 51.9 Å². The largest absolute Gasteiger partial charge is 0.345 e. The standard InChI is InChI=1S/C15H28N2O/c1-3-15(8-10-16-11-9-15)14(18)17(2)12-13-6-4-5-7-13/h13,16H,3-12H2,1-2H3. The maximum atomic E-state index is 12.7. The van der Waals surface area contributed by atoms with Crippen molar-refractivity contribution in [1.82, 2.24) is 10.2 Å². The molecule has 2 fully saturated rings. The van der Waals surface area contributed by atoms with E-state index in [1.807, 2.05) is 11.9 Å². The number of amides is 1. The summed E-state index contributed by atoms with van der Waals surface area (Å²) in [6.07, 6.45) is 8.36. The maximum Gasteiger partial charge on any atom is 0.228 e. The number of piperidine rings is 1. The fraction of sp³-hybridized carbons (Fsp3) is 0.933. The summed E-state index contributed by atoms with van der Waals surface area (Å²) >= 11 is 0. The number of carbonyl (C=O) groups excluding carboxylic acids is 1. The van der Waals surface area contributed by atoms with Gasteiger partial charge in [0.1, 0.15) is 0 Å². The first-order valence-corrected chi connectivity index (χ1v) is 7.64. The Kier molecular flexibility index (Phi) is 4.66. The Balaban J connectivity index is 1.94. The number of carbonyl (C=O) groups is 1. The Morgan fingerprint density at radius 3 is 2.44 bits per heavy atom. The molecule has 2 rings (SSSR count). The normalized spacial score (nSPS) is 24.1. The molecule has 1 amide bonds. The molecule has 1 aliphatic carbocycles. The van der Waals surface area contributed by atoms with Crippen LogP contribution in [0.5, 0.6) is 0 Å². The topological polar surface area (TPSA) is 32.3 Å². The van der Waals surface area contributed by atoms with Crippen molar-refractivity contribution in [2.45, 2.75) is 51.9 Å². The van der Waals surface area contributed by atoms with Gasteiger partial charge < -0.3 is 10.2 Å². The lowest BCUT2D eigenvalue weighted by molar-refractivity contribution is -0.143. The van der Waals surface area contributed by atoms with Crippen LogP contribution < -0.4 is 5.32 Å². The van der Waals surface area contributed by atoms with Crippen molar-refractivity contribution in [2.24, 2.45) is 11.3 Å². The van der Waals surface area contributed by atoms with Crippen LogP contribution in [0.2, 0.25) is 0 Å². The second-order valence-corrected chi connectivity index (χ2v) is 6.22. The van der Waals surface area contributed by atoms with Crippen LogP contribution in [-0.4, -0.2) is 37.5 Å². The zero-order chi connectivity index (χ0) is 13.0. The smallest absolute Gasteiger partial charge is 0.228 e. The van der Waals surface area contributed by atoms with Crippen LogP contribution in [0, 0.1) is 11.3 Å². The summed E-state index contributed by atoms with van der Waals surface area (Å²) in [5.74, 6) is 1.16. The molecule has 0 aromatic heterocycles. The van der Waals surface area contributed by atoms with Crippen LogP contribution in [-0.2, 0) is 4.79 Å². The van der Waals surface area contributed by atoms with Crippen molar-refractivity contribution in [2.75, 3.05) is 26.7 Å². The van der Waals surface area contributed by atoms with Gasteiger partial charge in [-0.2, -0.15) is 0 Å². The Morgan fingerprint density at radius 2 is 1.89 bits per heavy atom. The van der Waals surface area contributed by atoms with Crippen LogP contribution in [0.4, 0.5) is 0 Å². The zero-order valence-corrected chi connectivity index (χ0v) is 12.0. The van der Waals surface area contributed by atoms with Gasteiger partial charge in [-0.25, -0.2) is 0 Å². The lowest BCUT2D eigenvalue weighted by Crippen LogP contribution is -2.48. The maximum absolute atomic E-state index is 12.7. The van der Waals surface area contributed by atoms with E-state index >= 15 is 0 Å². The molecule has 1 heterocycles. The van der Waals surface area contributed by atoms with Gasteiger partial charge in [0.2, 0.25) is 5.91 Å². The average Bonchev–Trinajstić information content (AvgIpc) is 2.91. The zero-order valence-electron chi connectivity index (χ0n) is 12.0. The lowest BCUT2D eigenvalue weighted by atomic mass is 9.75. The van der Waals surface area contributed by atoms with Crippen molar-refractivity contribution < 1.29 is 4.79 Å². The highest BCUT2D eigenvalue weighted by molar-refractivity contribution is 5.82. The summed E-state index contributed by atoms with van der Waals surface area (Å²) in [6.45, 7) is 5.15. The molecular formula is C15H28N2O. The van der Waals surface area contributed by atoms with Crippen LogP contribution in [0.15, 0.2) is 0 Å². The molecule has 0 bridgehead atoms. The highest BCUT2D eigenvalue weighted by Gasteiger charge is 2.39. The second kappa shape index (κ2) is 6.05. The minimum atomic E-state index is -0.0708. The van der Waals surface area contributed by atoms with Crippen molar-refractivity contribution in [1.29, 1.82) is 0 Å². The van der Waals surface area contributed by atoms with E-state index in [4.69, 9.17) is 0 Å². The molecule has 1 N–H and O–H groups in total. The van der Waals surface area contributed by atoms with Gasteiger partial charge >= 0.3 is 0 Å². The number of nitrogens with one attached hydrogen (secondary N) is 1. The predicted molar refractivity (Wildman–Crippen MR) is 74.4 cm³/mol. The van der Waals surface area contributed by atoms with Gasteiger partial charge in [-0.1, -0.05) is 19.8 Å². The van der Waals surface area contributed by atoms with E-state index in [2.05, 4.69) is 12.2 Å². The van der Waals surface area contributed by atoms with Crippen molar-refractivity contribution in [3.8, 4) is 0 Å². The summed E-state index contributed by atoms with van der Waals surface area (Å²) < 4.78 is 0. The molecule has 104 valence electrons. The Hall–Kier alpha value is -0.570. The van der Waals surface area contributed by atoms with E-state index in [1.54, 1.807) is 0 Å². The van der Waals surface area contributed by atoms with E-state index in [0.717, 1.165) is 44.8 Å². The molecule has 2 aliphatic rings. The fourth-order valence-corrected chi connectivity index (χ4v) is 3.69. The summed E-state index contributed by atoms with van der Waals surface area (Å²) in [5.41, 5.74) is -0.0708. The van der Waals surface area contributed by atoms with E-state index in [0.29, 0.717) is 5.91 Å². The molecule has 0 unspecified atom stereocenters. The highest BCUT2D eigenvalue weighted by atomic mass is 16.2. The van der Waals surface area contributed by atoms with E-state index in [-0.39, 0.29) is 5.41 Å². The van der Waals surface area contributed by atoms with Gasteiger partial charge in [-0.3, -0.25) is 4.79 Å². The Labute approximate surface area is 111 Å². The molecule has 1 saturated heterocycles. The quantitative estimate of drug-likeness (QED) is 0.833. The van der Waals surface area contributed by atoms with E-state index in [1.165, 1.54) is 25.7 Å². The number of rotatable bonds is 4. The third-order valence-corrected chi connectivity index (χ3v) is 5.04. The Morgan fingerprint density at radius 1 is 1.28 bits per heavy atom. The van der Waals surface area contributed by atoms with Gasteiger partial charge in [-0.05, 0) is 51.1 Å². The van der Waals surface area contributed by atoms with Crippen LogP contribution in [0.25, 0.3) is 0 Å². The molecular weight excluding hydrogens is 224 g/mol. The molecule has 0 atom stereocenters. The summed E-state index contributed by atoms with van der Waals surface area (Å²) in [4.78, 5) is 14.8. The lowest BCUT2D eigenvalue weighted by Gasteiger charge is -2.39. The van der Waals surface area contributed by atoms with Crippen molar-refractivity contribution in [3.63, 3.8) is 0 Å². The molecule has 18 heavy (non-hydrogen) atoms. The van der Waals surface area contributed by atoms with Gasteiger partial charge in [0.15, 0.2) is 0 Å². The van der Waals surface area contributed by atoms with Gasteiger partial charge in [0.25, 0.3) is 0 Å². The average molecular weight is 252 g/mol. The van der Waals surface area contributed by atoms with E-state index in [9.17, 15) is 4.79 Å². The third-order valence-electron chi connectivity index (χ3n) is 5.04. The minimum absolute atomic E-state index is 0.0708. The van der Waals surface area contributed by atoms with Crippen molar-refractivity contribution >= 4 is 5.91 Å². The minimum Gasteiger partial charge on any atom is -0.345 e. The molecule has 0 aromatic rings. The molecule has 0 radical (unpaired) electrons. The summed E-state index contributed by atoms with van der Waals surface area (Å²) in [7, 11) is 2.01. The number of hydrogen-bond donors (Lipinski definition) is 1. The van der Waals surface area contributed by atoms with Gasteiger partial charge in [-0.15, -0.1) is 0 Å². The monoisotopic (exact) mass is 252 g/mol. The first-order valence-electron chi connectivity index (χ1n) is 7.64. The summed E-state index contributed by atoms with van der Waals surface area (Å²) in [5, 5.41) is 3.37. The second-order valence-electron chi connectivity index (χ2n) is 6.22. The highest BCUT2D eigenvalue weighted by Crippen LogP contribution is 2.35. The first kappa shape index (κ1) is 13.9.